The van der Waals surface area contributed by atoms with Gasteiger partial charge in [0.15, 0.2) is 0 Å². The highest BCUT2D eigenvalue weighted by atomic mass is 35.5. The lowest BCUT2D eigenvalue weighted by atomic mass is 9.85. The smallest absolute Gasteiger partial charge is 0.257 e. The molecule has 0 spiro atoms. The van der Waals surface area contributed by atoms with Gasteiger partial charge in [0.25, 0.3) is 5.91 Å². The second kappa shape index (κ2) is 9.25. The largest absolute Gasteiger partial charge is 0.321 e. The molecule has 2 aromatic heterocycles. The van der Waals surface area contributed by atoms with E-state index < -0.39 is 0 Å². The molecule has 2 fully saturated rings. The summed E-state index contributed by atoms with van der Waals surface area (Å²) in [5.74, 6) is 1.67. The van der Waals surface area contributed by atoms with Gasteiger partial charge in [0.2, 0.25) is 0 Å². The van der Waals surface area contributed by atoms with Gasteiger partial charge in [-0.3, -0.25) is 4.79 Å². The molecular weight excluding hydrogens is 392 g/mol. The van der Waals surface area contributed by atoms with Crippen molar-refractivity contribution in [3.8, 4) is 0 Å². The molecule has 2 aliphatic heterocycles. The van der Waals surface area contributed by atoms with Crippen molar-refractivity contribution in [2.24, 2.45) is 5.92 Å². The van der Waals surface area contributed by atoms with Crippen molar-refractivity contribution in [3.05, 3.63) is 47.4 Å². The van der Waals surface area contributed by atoms with Crippen molar-refractivity contribution in [1.82, 2.24) is 14.9 Å². The summed E-state index contributed by atoms with van der Waals surface area (Å²) in [5.41, 5.74) is 1.15. The van der Waals surface area contributed by atoms with E-state index in [-0.39, 0.29) is 5.91 Å². The molecule has 0 bridgehead atoms. The first-order valence-electron chi connectivity index (χ1n) is 9.95. The number of amides is 1. The van der Waals surface area contributed by atoms with Gasteiger partial charge in [-0.05, 0) is 69.0 Å². The van der Waals surface area contributed by atoms with Crippen molar-refractivity contribution >= 4 is 35.0 Å². The van der Waals surface area contributed by atoms with Crippen molar-refractivity contribution in [3.63, 3.8) is 0 Å². The Hall–Kier alpha value is -1.63. The minimum atomic E-state index is -0.217. The molecular formula is C21H25ClN4OS. The molecule has 2 atom stereocenters. The molecule has 5 nitrogen and oxygen atoms in total. The van der Waals surface area contributed by atoms with Crippen LogP contribution in [0.3, 0.4) is 0 Å². The zero-order chi connectivity index (χ0) is 19.3. The normalized spacial score (nSPS) is 22.5. The number of halogens is 1. The van der Waals surface area contributed by atoms with E-state index in [9.17, 15) is 4.79 Å². The Labute approximate surface area is 175 Å². The Bertz CT molecular complexity index is 797. The Morgan fingerprint density at radius 2 is 2.00 bits per heavy atom. The number of piperidine rings is 2. The summed E-state index contributed by atoms with van der Waals surface area (Å²) in [6.45, 7) is 2.56. The van der Waals surface area contributed by atoms with Gasteiger partial charge in [-0.15, -0.1) is 11.8 Å². The van der Waals surface area contributed by atoms with Crippen molar-refractivity contribution in [1.29, 1.82) is 0 Å². The van der Waals surface area contributed by atoms with Crippen LogP contribution in [0.2, 0.25) is 5.15 Å². The molecule has 2 aromatic rings. The molecule has 1 N–H and O–H groups in total. The van der Waals surface area contributed by atoms with E-state index in [1.165, 1.54) is 51.4 Å². The number of rotatable bonds is 5. The van der Waals surface area contributed by atoms with Gasteiger partial charge in [-0.2, -0.15) is 0 Å². The minimum absolute atomic E-state index is 0.217. The number of thioether (sulfide) groups is 1. The molecule has 0 aromatic carbocycles. The Balaban J connectivity index is 1.30. The van der Waals surface area contributed by atoms with Crippen LogP contribution in [0, 0.1) is 5.92 Å². The first-order valence-corrected chi connectivity index (χ1v) is 11.3. The van der Waals surface area contributed by atoms with E-state index >= 15 is 0 Å². The summed E-state index contributed by atoms with van der Waals surface area (Å²) in [5, 5.41) is 4.23. The van der Waals surface area contributed by atoms with Crippen molar-refractivity contribution < 1.29 is 4.79 Å². The summed E-state index contributed by atoms with van der Waals surface area (Å²) in [6.07, 6.45) is 9.92. The number of nitrogens with zero attached hydrogens (tertiary/aromatic N) is 3. The fourth-order valence-corrected chi connectivity index (χ4v) is 5.39. The van der Waals surface area contributed by atoms with Crippen LogP contribution in [0.25, 0.3) is 0 Å². The number of carbonyl (C=O) groups is 1. The second-order valence-electron chi connectivity index (χ2n) is 7.52. The number of nitrogens with one attached hydrogen (secondary N) is 1. The lowest BCUT2D eigenvalue weighted by Gasteiger charge is -2.44. The molecule has 4 heterocycles. The van der Waals surface area contributed by atoms with E-state index in [2.05, 4.69) is 20.2 Å². The highest BCUT2D eigenvalue weighted by Gasteiger charge is 2.32. The van der Waals surface area contributed by atoms with Crippen LogP contribution in [0.1, 0.15) is 42.5 Å². The SMILES string of the molecule is O=C(Nc1ccc(SCC2CCCN3CCCCC23)nc1)c1ccc(Cl)nc1. The van der Waals surface area contributed by atoms with Gasteiger partial charge in [0.05, 0.1) is 22.5 Å². The third kappa shape index (κ3) is 4.85. The number of carbonyl (C=O) groups excluding carboxylic acids is 1. The molecule has 4 rings (SSSR count). The fourth-order valence-electron chi connectivity index (χ4n) is 4.22. The molecule has 28 heavy (non-hydrogen) atoms. The predicted octanol–water partition coefficient (Wildman–Crippen LogP) is 4.74. The average Bonchev–Trinajstić information content (AvgIpc) is 2.73. The maximum absolute atomic E-state index is 12.2. The fraction of sp³-hybridized carbons (Fsp3) is 0.476. The van der Waals surface area contributed by atoms with E-state index in [1.807, 2.05) is 23.9 Å². The van der Waals surface area contributed by atoms with E-state index in [0.717, 1.165) is 22.7 Å². The maximum atomic E-state index is 12.2. The zero-order valence-electron chi connectivity index (χ0n) is 15.8. The quantitative estimate of drug-likeness (QED) is 0.563. The molecule has 2 unspecified atom stereocenters. The first-order chi connectivity index (χ1) is 13.7. The summed E-state index contributed by atoms with van der Waals surface area (Å²) in [6, 6.07) is 7.92. The lowest BCUT2D eigenvalue weighted by Crippen LogP contribution is -2.48. The average molecular weight is 417 g/mol. The number of hydrogen-bond donors (Lipinski definition) is 1. The zero-order valence-corrected chi connectivity index (χ0v) is 17.4. The number of aromatic nitrogens is 2. The Morgan fingerprint density at radius 3 is 2.79 bits per heavy atom. The van der Waals surface area contributed by atoms with E-state index in [1.54, 1.807) is 18.3 Å². The number of pyridine rings is 2. The minimum Gasteiger partial charge on any atom is -0.321 e. The van der Waals surface area contributed by atoms with E-state index in [4.69, 9.17) is 11.6 Å². The van der Waals surface area contributed by atoms with Crippen LogP contribution < -0.4 is 5.32 Å². The van der Waals surface area contributed by atoms with E-state index in [0.29, 0.717) is 16.4 Å². The molecule has 7 heteroatoms. The van der Waals surface area contributed by atoms with Gasteiger partial charge in [0, 0.05) is 18.0 Å². The summed E-state index contributed by atoms with van der Waals surface area (Å²) in [4.78, 5) is 23.4. The molecule has 0 aliphatic carbocycles. The molecule has 0 radical (unpaired) electrons. The number of hydrogen-bond acceptors (Lipinski definition) is 5. The van der Waals surface area contributed by atoms with Crippen LogP contribution in [0.4, 0.5) is 5.69 Å². The van der Waals surface area contributed by atoms with Crippen molar-refractivity contribution in [2.45, 2.75) is 43.2 Å². The number of fused-ring (bicyclic) bond motifs is 1. The monoisotopic (exact) mass is 416 g/mol. The van der Waals surface area contributed by atoms with Gasteiger partial charge in [0.1, 0.15) is 5.15 Å². The van der Waals surface area contributed by atoms with Gasteiger partial charge in [-0.25, -0.2) is 9.97 Å². The third-order valence-corrected chi connectivity index (χ3v) is 7.01. The highest BCUT2D eigenvalue weighted by Crippen LogP contribution is 2.34. The maximum Gasteiger partial charge on any atom is 0.257 e. The third-order valence-electron chi connectivity index (χ3n) is 5.66. The topological polar surface area (TPSA) is 58.1 Å². The molecule has 2 aliphatic rings. The first kappa shape index (κ1) is 19.7. The molecule has 148 valence electrons. The van der Waals surface area contributed by atoms with Crippen LogP contribution in [-0.4, -0.2) is 45.7 Å². The summed E-state index contributed by atoms with van der Waals surface area (Å²) < 4.78 is 0. The summed E-state index contributed by atoms with van der Waals surface area (Å²) >= 11 is 7.59. The highest BCUT2D eigenvalue weighted by molar-refractivity contribution is 7.99. The molecule has 0 saturated carbocycles. The molecule has 2 saturated heterocycles. The Kier molecular flexibility index (Phi) is 6.50. The standard InChI is InChI=1S/C21H25ClN4OS/c22-19-8-6-15(12-23-19)21(27)25-17-7-9-20(24-13-17)28-14-16-4-3-11-26-10-2-1-5-18(16)26/h6-9,12-13,16,18H,1-5,10-11,14H2,(H,25,27). The van der Waals surface area contributed by atoms with Crippen LogP contribution in [-0.2, 0) is 0 Å². The number of anilines is 1. The van der Waals surface area contributed by atoms with Crippen molar-refractivity contribution in [2.75, 3.05) is 24.2 Å². The van der Waals surface area contributed by atoms with Crippen LogP contribution in [0.15, 0.2) is 41.7 Å². The van der Waals surface area contributed by atoms with Gasteiger partial charge in [-0.1, -0.05) is 18.0 Å². The Morgan fingerprint density at radius 1 is 1.11 bits per heavy atom. The van der Waals surface area contributed by atoms with Gasteiger partial charge < -0.3 is 10.2 Å². The lowest BCUT2D eigenvalue weighted by molar-refractivity contribution is 0.0693. The van der Waals surface area contributed by atoms with Gasteiger partial charge >= 0.3 is 0 Å². The molecule has 1 amide bonds. The summed E-state index contributed by atoms with van der Waals surface area (Å²) in [7, 11) is 0. The van der Waals surface area contributed by atoms with Crippen LogP contribution in [0.5, 0.6) is 0 Å². The predicted molar refractivity (Wildman–Crippen MR) is 114 cm³/mol. The van der Waals surface area contributed by atoms with Crippen LogP contribution >= 0.6 is 23.4 Å². The second-order valence-corrected chi connectivity index (χ2v) is 8.95.